The van der Waals surface area contributed by atoms with Crippen molar-refractivity contribution in [2.24, 2.45) is 50.2 Å². The minimum Gasteiger partial charge on any atom is -0.479 e. The van der Waals surface area contributed by atoms with Crippen molar-refractivity contribution in [3.8, 4) is 0 Å². The molecule has 0 spiro atoms. The van der Waals surface area contributed by atoms with Crippen LogP contribution in [0.4, 0.5) is 0 Å². The van der Waals surface area contributed by atoms with E-state index in [4.69, 9.17) is 28.4 Å². The van der Waals surface area contributed by atoms with Gasteiger partial charge in [-0.3, -0.25) is 4.79 Å². The fourth-order valence-electron chi connectivity index (χ4n) is 14.8. The van der Waals surface area contributed by atoms with Gasteiger partial charge in [0.15, 0.2) is 25.0 Å². The average Bonchev–Trinajstić information content (AvgIpc) is 3.27. The molecule has 8 rings (SSSR count). The molecule has 67 heavy (non-hydrogen) atoms. The van der Waals surface area contributed by atoms with E-state index in [1.807, 2.05) is 6.92 Å². The number of aliphatic hydroxyl groups is 9. The number of Topliss-reactive ketones (excluding diaryl/α,β-unsaturated/α-hetero) is 1. The Labute approximate surface area is 390 Å². The van der Waals surface area contributed by atoms with E-state index >= 15 is 0 Å². The fourth-order valence-corrected chi connectivity index (χ4v) is 14.8. The molecule has 7 fully saturated rings. The number of ether oxygens (including phenoxy) is 6. The normalized spacial score (nSPS) is 54.1. The number of hydrogen-bond acceptors (Lipinski definition) is 18. The molecule has 4 saturated carbocycles. The molecule has 19 nitrogen and oxygen atoms in total. The van der Waals surface area contributed by atoms with Gasteiger partial charge in [-0.05, 0) is 90.8 Å². The van der Waals surface area contributed by atoms with Crippen LogP contribution in [0.5, 0.6) is 0 Å². The van der Waals surface area contributed by atoms with Crippen LogP contribution in [0.1, 0.15) is 106 Å². The van der Waals surface area contributed by atoms with Crippen LogP contribution in [0.25, 0.3) is 0 Å². The predicted molar refractivity (Wildman–Crippen MR) is 230 cm³/mol. The van der Waals surface area contributed by atoms with Crippen LogP contribution in [0.2, 0.25) is 0 Å². The molecule has 0 bridgehead atoms. The molecule has 19 heteroatoms. The van der Waals surface area contributed by atoms with Gasteiger partial charge in [-0.25, -0.2) is 4.79 Å². The third-order valence-corrected chi connectivity index (χ3v) is 19.1. The largest absolute Gasteiger partial charge is 0.479 e. The minimum absolute atomic E-state index is 0.102. The number of carboxylic acid groups (broad SMARTS) is 1. The standard InChI is InChI=1S/C48H74O19/c1-43(2)16-22-21-8-9-26-45(4)12-11-28(46(5,20-51)25(45)10-13-48(26,7)47(21,6)15-14-44(22,3)27(52)17-43)64-42-38(34(58)33(57)36(65-42)39(60)61)67-41-37(32(56)30(54)24(19-50)63-41)66-40-35(59)31(55)29(53)23(18-49)62-40/h8,20,22-26,28-38,40-42,49-50,53-59H,9-19H2,1-7H3,(H,60,61). The van der Waals surface area contributed by atoms with Crippen molar-refractivity contribution < 1.29 is 93.9 Å². The summed E-state index contributed by atoms with van der Waals surface area (Å²) in [7, 11) is 0. The maximum atomic E-state index is 13.8. The molecule has 3 saturated heterocycles. The quantitative estimate of drug-likeness (QED) is 0.0788. The SMILES string of the molecule is CC1(C)CC(=O)C2(C)CCC3(C)C(=CCC4C5(C)CCC(OC6OC(C(=O)O)C(O)C(O)C6OC6OC(CO)C(O)C(O)C6OC6OC(CO)C(O)C(O)C6O)C(C)(C=O)C5CCC43C)C2C1. The molecule has 0 aromatic heterocycles. The van der Waals surface area contributed by atoms with Crippen LogP contribution in [0.15, 0.2) is 11.6 Å². The first-order valence-electron chi connectivity index (χ1n) is 24.1. The molecular weight excluding hydrogens is 881 g/mol. The molecule has 24 unspecified atom stereocenters. The monoisotopic (exact) mass is 954 g/mol. The number of hydrogen-bond donors (Lipinski definition) is 10. The van der Waals surface area contributed by atoms with Gasteiger partial charge >= 0.3 is 5.97 Å². The van der Waals surface area contributed by atoms with Crippen LogP contribution in [-0.4, -0.2) is 181 Å². The van der Waals surface area contributed by atoms with E-state index in [0.717, 1.165) is 38.4 Å². The van der Waals surface area contributed by atoms with Crippen LogP contribution in [-0.2, 0) is 42.8 Å². The smallest absolute Gasteiger partial charge is 0.335 e. The lowest BCUT2D eigenvalue weighted by Gasteiger charge is -2.71. The Morgan fingerprint density at radius 3 is 1.90 bits per heavy atom. The molecule has 0 amide bonds. The summed E-state index contributed by atoms with van der Waals surface area (Å²) in [4.78, 5) is 40.0. The second kappa shape index (κ2) is 17.9. The van der Waals surface area contributed by atoms with E-state index in [0.29, 0.717) is 31.5 Å². The first kappa shape index (κ1) is 51.3. The number of aldehydes is 1. The van der Waals surface area contributed by atoms with Crippen molar-refractivity contribution in [3.63, 3.8) is 0 Å². The van der Waals surface area contributed by atoms with Gasteiger partial charge in [-0.15, -0.1) is 0 Å². The third kappa shape index (κ3) is 7.93. The summed E-state index contributed by atoms with van der Waals surface area (Å²) >= 11 is 0. The van der Waals surface area contributed by atoms with Gasteiger partial charge in [0.05, 0.1) is 24.7 Å². The first-order valence-corrected chi connectivity index (χ1v) is 24.1. The van der Waals surface area contributed by atoms with Crippen molar-refractivity contribution in [1.29, 1.82) is 0 Å². The molecule has 0 aromatic rings. The van der Waals surface area contributed by atoms with Gasteiger partial charge in [0.2, 0.25) is 0 Å². The summed E-state index contributed by atoms with van der Waals surface area (Å²) in [6, 6.07) is 0. The van der Waals surface area contributed by atoms with Gasteiger partial charge in [0.1, 0.15) is 79.2 Å². The third-order valence-electron chi connectivity index (χ3n) is 19.1. The zero-order chi connectivity index (χ0) is 49.1. The second-order valence-corrected chi connectivity index (χ2v) is 23.2. The number of allylic oxidation sites excluding steroid dienone is 2. The Morgan fingerprint density at radius 2 is 1.28 bits per heavy atom. The Hall–Kier alpha value is -2.05. The highest BCUT2D eigenvalue weighted by Gasteiger charge is 2.70. The Balaban J connectivity index is 1.08. The Bertz CT molecular complexity index is 1910. The predicted octanol–water partition coefficient (Wildman–Crippen LogP) is 0.0918. The zero-order valence-corrected chi connectivity index (χ0v) is 39.5. The summed E-state index contributed by atoms with van der Waals surface area (Å²) < 4.78 is 35.8. The van der Waals surface area contributed by atoms with E-state index in [-0.39, 0.29) is 39.4 Å². The molecule has 380 valence electrons. The summed E-state index contributed by atoms with van der Waals surface area (Å²) in [5.41, 5.74) is -1.01. The number of ketones is 1. The summed E-state index contributed by atoms with van der Waals surface area (Å²) in [5.74, 6) is -1.21. The molecule has 10 N–H and O–H groups in total. The lowest BCUT2D eigenvalue weighted by molar-refractivity contribution is -0.396. The highest BCUT2D eigenvalue weighted by molar-refractivity contribution is 5.87. The van der Waals surface area contributed by atoms with Gasteiger partial charge in [-0.2, -0.15) is 0 Å². The molecule has 0 radical (unpaired) electrons. The molecular formula is C48H74O19. The number of aliphatic carboxylic acids is 1. The lowest BCUT2D eigenvalue weighted by Crippen LogP contribution is -2.68. The average molecular weight is 955 g/mol. The number of rotatable bonds is 10. The number of fused-ring (bicyclic) bond motifs is 7. The van der Waals surface area contributed by atoms with Gasteiger partial charge in [-0.1, -0.05) is 60.1 Å². The Morgan fingerprint density at radius 1 is 0.701 bits per heavy atom. The Kier molecular flexibility index (Phi) is 13.7. The minimum atomic E-state index is -2.12. The maximum absolute atomic E-state index is 13.8. The number of aliphatic hydroxyl groups excluding tert-OH is 9. The van der Waals surface area contributed by atoms with Crippen molar-refractivity contribution in [2.75, 3.05) is 13.2 Å². The molecule has 0 aromatic carbocycles. The van der Waals surface area contributed by atoms with Crippen molar-refractivity contribution in [2.45, 2.75) is 204 Å². The van der Waals surface area contributed by atoms with Crippen LogP contribution < -0.4 is 0 Å². The van der Waals surface area contributed by atoms with Gasteiger partial charge in [0, 0.05) is 11.8 Å². The maximum Gasteiger partial charge on any atom is 0.335 e. The number of carbonyl (C=O) groups excluding carboxylic acids is 2. The summed E-state index contributed by atoms with van der Waals surface area (Å²) in [6.07, 6.45) is -19.4. The lowest BCUT2D eigenvalue weighted by atomic mass is 9.33. The van der Waals surface area contributed by atoms with E-state index < -0.39 is 128 Å². The van der Waals surface area contributed by atoms with Crippen molar-refractivity contribution >= 4 is 18.0 Å². The van der Waals surface area contributed by atoms with Crippen molar-refractivity contribution in [3.05, 3.63) is 11.6 Å². The topological polar surface area (TPSA) is 309 Å². The zero-order valence-electron chi connectivity index (χ0n) is 39.5. The fraction of sp³-hybridized carbons (Fsp3) is 0.896. The molecule has 3 aliphatic heterocycles. The van der Waals surface area contributed by atoms with Gasteiger partial charge in [0.25, 0.3) is 0 Å². The van der Waals surface area contributed by atoms with Crippen LogP contribution in [0, 0.1) is 50.2 Å². The molecule has 24 atom stereocenters. The molecule has 5 aliphatic carbocycles. The summed E-state index contributed by atoms with van der Waals surface area (Å²) in [6.45, 7) is 13.7. The van der Waals surface area contributed by atoms with E-state index in [1.165, 1.54) is 5.57 Å². The highest BCUT2D eigenvalue weighted by atomic mass is 16.8. The van der Waals surface area contributed by atoms with E-state index in [1.54, 1.807) is 0 Å². The van der Waals surface area contributed by atoms with E-state index in [2.05, 4.69) is 47.6 Å². The van der Waals surface area contributed by atoms with Crippen molar-refractivity contribution in [1.82, 2.24) is 0 Å². The number of carboxylic acids is 1. The van der Waals surface area contributed by atoms with E-state index in [9.17, 15) is 65.4 Å². The van der Waals surface area contributed by atoms with Gasteiger partial charge < -0.3 is 84.3 Å². The van der Waals surface area contributed by atoms with Crippen LogP contribution in [0.3, 0.4) is 0 Å². The number of carbonyl (C=O) groups is 3. The molecule has 8 aliphatic rings. The second-order valence-electron chi connectivity index (χ2n) is 23.2. The van der Waals surface area contributed by atoms with Crippen LogP contribution >= 0.6 is 0 Å². The highest BCUT2D eigenvalue weighted by Crippen LogP contribution is 2.75. The molecule has 3 heterocycles. The first-order chi connectivity index (χ1) is 31.3. The summed E-state index contributed by atoms with van der Waals surface area (Å²) in [5, 5.41) is 106.